The molecule has 2 unspecified atom stereocenters. The van der Waals surface area contributed by atoms with Gasteiger partial charge in [-0.15, -0.1) is 0 Å². The van der Waals surface area contributed by atoms with Gasteiger partial charge in [-0.3, -0.25) is 0 Å². The zero-order chi connectivity index (χ0) is 16.0. The number of nitrogens with two attached hydrogens (primary N) is 1. The Morgan fingerprint density at radius 1 is 1.38 bits per heavy atom. The lowest BCUT2D eigenvalue weighted by atomic mass is 10.0. The van der Waals surface area contributed by atoms with E-state index in [1.807, 2.05) is 0 Å². The van der Waals surface area contributed by atoms with Crippen LogP contribution >= 0.6 is 0 Å². The SMILES string of the molecule is CCc1cn(C(C)COC)c(N(C)CCC(N)C(C)C)n1. The maximum atomic E-state index is 6.15. The number of rotatable bonds is 9. The number of aryl methyl sites for hydroxylation is 1. The topological polar surface area (TPSA) is 56.3 Å². The van der Waals surface area contributed by atoms with Gasteiger partial charge in [-0.1, -0.05) is 20.8 Å². The van der Waals surface area contributed by atoms with E-state index in [9.17, 15) is 0 Å². The highest BCUT2D eigenvalue weighted by Crippen LogP contribution is 2.20. The van der Waals surface area contributed by atoms with Gasteiger partial charge in [0.1, 0.15) is 0 Å². The third kappa shape index (κ3) is 5.00. The highest BCUT2D eigenvalue weighted by atomic mass is 16.5. The summed E-state index contributed by atoms with van der Waals surface area (Å²) in [6.07, 6.45) is 4.05. The van der Waals surface area contributed by atoms with Crippen molar-refractivity contribution in [1.29, 1.82) is 0 Å². The van der Waals surface area contributed by atoms with E-state index in [-0.39, 0.29) is 12.1 Å². The number of imidazole rings is 1. The summed E-state index contributed by atoms with van der Waals surface area (Å²) in [4.78, 5) is 6.95. The average molecular weight is 296 g/mol. The van der Waals surface area contributed by atoms with Crippen molar-refractivity contribution in [2.45, 2.75) is 52.6 Å². The van der Waals surface area contributed by atoms with Crippen LogP contribution in [0.4, 0.5) is 5.95 Å². The van der Waals surface area contributed by atoms with Crippen LogP contribution in [0.5, 0.6) is 0 Å². The third-order valence-corrected chi connectivity index (χ3v) is 4.00. The Morgan fingerprint density at radius 2 is 2.05 bits per heavy atom. The summed E-state index contributed by atoms with van der Waals surface area (Å²) >= 11 is 0. The summed E-state index contributed by atoms with van der Waals surface area (Å²) in [7, 11) is 3.82. The molecule has 0 radical (unpaired) electrons. The van der Waals surface area contributed by atoms with Crippen LogP contribution < -0.4 is 10.6 Å². The van der Waals surface area contributed by atoms with Crippen molar-refractivity contribution in [1.82, 2.24) is 9.55 Å². The molecule has 1 rings (SSSR count). The Morgan fingerprint density at radius 3 is 2.57 bits per heavy atom. The van der Waals surface area contributed by atoms with Crippen LogP contribution in [0.1, 0.15) is 45.9 Å². The van der Waals surface area contributed by atoms with Crippen molar-refractivity contribution in [2.24, 2.45) is 11.7 Å². The van der Waals surface area contributed by atoms with Gasteiger partial charge < -0.3 is 19.9 Å². The highest BCUT2D eigenvalue weighted by Gasteiger charge is 2.17. The second-order valence-electron chi connectivity index (χ2n) is 6.22. The molecule has 21 heavy (non-hydrogen) atoms. The van der Waals surface area contributed by atoms with Crippen LogP contribution in [0.25, 0.3) is 0 Å². The van der Waals surface area contributed by atoms with Crippen LogP contribution in [0, 0.1) is 5.92 Å². The standard InChI is InChI=1S/C16H32N4O/c1-7-14-10-20(13(4)11-21-6)16(18-14)19(5)9-8-15(17)12(2)3/h10,12-13,15H,7-9,11,17H2,1-6H3. The molecule has 5 heteroatoms. The fourth-order valence-electron chi connectivity index (χ4n) is 2.31. The third-order valence-electron chi connectivity index (χ3n) is 4.00. The van der Waals surface area contributed by atoms with Gasteiger partial charge in [-0.05, 0) is 25.7 Å². The number of anilines is 1. The van der Waals surface area contributed by atoms with Crippen molar-refractivity contribution >= 4 is 5.95 Å². The molecule has 0 aliphatic rings. The first-order valence-corrected chi connectivity index (χ1v) is 7.94. The van der Waals surface area contributed by atoms with Gasteiger partial charge in [-0.25, -0.2) is 4.98 Å². The van der Waals surface area contributed by atoms with Gasteiger partial charge in [-0.2, -0.15) is 0 Å². The van der Waals surface area contributed by atoms with Crippen LogP contribution in [0.15, 0.2) is 6.20 Å². The van der Waals surface area contributed by atoms with Crippen LogP contribution in [-0.2, 0) is 11.2 Å². The number of aromatic nitrogens is 2. The maximum Gasteiger partial charge on any atom is 0.205 e. The number of hydrogen-bond acceptors (Lipinski definition) is 4. The van der Waals surface area contributed by atoms with E-state index in [0.717, 1.165) is 31.0 Å². The Labute approximate surface area is 129 Å². The number of ether oxygens (including phenoxy) is 1. The van der Waals surface area contributed by atoms with Crippen LogP contribution in [0.2, 0.25) is 0 Å². The molecule has 2 N–H and O–H groups in total. The molecule has 0 aromatic carbocycles. The van der Waals surface area contributed by atoms with Gasteiger partial charge in [0, 0.05) is 32.9 Å². The van der Waals surface area contributed by atoms with E-state index in [0.29, 0.717) is 12.5 Å². The van der Waals surface area contributed by atoms with Gasteiger partial charge in [0.05, 0.1) is 18.3 Å². The van der Waals surface area contributed by atoms with E-state index < -0.39 is 0 Å². The first-order chi connectivity index (χ1) is 9.90. The molecule has 0 saturated carbocycles. The Kier molecular flexibility index (Phi) is 7.18. The van der Waals surface area contributed by atoms with Crippen LogP contribution in [0.3, 0.4) is 0 Å². The maximum absolute atomic E-state index is 6.15. The van der Waals surface area contributed by atoms with Gasteiger partial charge >= 0.3 is 0 Å². The molecule has 0 amide bonds. The fourth-order valence-corrected chi connectivity index (χ4v) is 2.31. The zero-order valence-corrected chi connectivity index (χ0v) is 14.5. The van der Waals surface area contributed by atoms with Crippen molar-refractivity contribution in [3.05, 3.63) is 11.9 Å². The molecule has 5 nitrogen and oxygen atoms in total. The molecule has 1 aromatic heterocycles. The van der Waals surface area contributed by atoms with Gasteiger partial charge in [0.2, 0.25) is 5.95 Å². The lowest BCUT2D eigenvalue weighted by Crippen LogP contribution is -2.33. The molecule has 122 valence electrons. The molecular weight excluding hydrogens is 264 g/mol. The normalized spacial score (nSPS) is 14.5. The van der Waals surface area contributed by atoms with E-state index in [2.05, 4.69) is 50.4 Å². The zero-order valence-electron chi connectivity index (χ0n) is 14.5. The summed E-state index contributed by atoms with van der Waals surface area (Å²) in [6, 6.07) is 0.511. The number of nitrogens with zero attached hydrogens (tertiary/aromatic N) is 3. The molecule has 0 bridgehead atoms. The predicted molar refractivity (Wildman–Crippen MR) is 88.9 cm³/mol. The monoisotopic (exact) mass is 296 g/mol. The van der Waals surface area contributed by atoms with Crippen molar-refractivity contribution in [3.8, 4) is 0 Å². The van der Waals surface area contributed by atoms with Crippen molar-refractivity contribution < 1.29 is 4.74 Å². The number of methoxy groups -OCH3 is 1. The average Bonchev–Trinajstić information content (AvgIpc) is 2.88. The summed E-state index contributed by atoms with van der Waals surface area (Å²) in [5.74, 6) is 1.52. The van der Waals surface area contributed by atoms with Gasteiger partial charge in [0.25, 0.3) is 0 Å². The van der Waals surface area contributed by atoms with Gasteiger partial charge in [0.15, 0.2) is 0 Å². The lowest BCUT2D eigenvalue weighted by Gasteiger charge is -2.25. The minimum absolute atomic E-state index is 0.234. The second kappa shape index (κ2) is 8.39. The molecule has 2 atom stereocenters. The van der Waals surface area contributed by atoms with E-state index in [1.165, 1.54) is 0 Å². The Bertz CT molecular complexity index is 416. The summed E-state index contributed by atoms with van der Waals surface area (Å²) in [6.45, 7) is 10.2. The molecule has 0 aliphatic carbocycles. The van der Waals surface area contributed by atoms with E-state index in [1.54, 1.807) is 7.11 Å². The summed E-state index contributed by atoms with van der Waals surface area (Å²) < 4.78 is 7.49. The Hall–Kier alpha value is -1.07. The molecular formula is C16H32N4O. The first-order valence-electron chi connectivity index (χ1n) is 7.94. The number of hydrogen-bond donors (Lipinski definition) is 1. The summed E-state index contributed by atoms with van der Waals surface area (Å²) in [5, 5.41) is 0. The smallest absolute Gasteiger partial charge is 0.205 e. The second-order valence-corrected chi connectivity index (χ2v) is 6.22. The minimum atomic E-state index is 0.234. The predicted octanol–water partition coefficient (Wildman–Crippen LogP) is 2.46. The van der Waals surface area contributed by atoms with E-state index >= 15 is 0 Å². The highest BCUT2D eigenvalue weighted by molar-refractivity contribution is 5.33. The lowest BCUT2D eigenvalue weighted by molar-refractivity contribution is 0.162. The molecule has 1 aromatic rings. The van der Waals surface area contributed by atoms with Crippen molar-refractivity contribution in [2.75, 3.05) is 32.2 Å². The fraction of sp³-hybridized carbons (Fsp3) is 0.812. The largest absolute Gasteiger partial charge is 0.383 e. The summed E-state index contributed by atoms with van der Waals surface area (Å²) in [5.41, 5.74) is 7.26. The van der Waals surface area contributed by atoms with E-state index in [4.69, 9.17) is 15.5 Å². The molecule has 0 aliphatic heterocycles. The molecule has 1 heterocycles. The van der Waals surface area contributed by atoms with Crippen LogP contribution in [-0.4, -0.2) is 42.9 Å². The molecule has 0 spiro atoms. The van der Waals surface area contributed by atoms with Crippen molar-refractivity contribution in [3.63, 3.8) is 0 Å². The molecule has 0 saturated heterocycles. The molecule has 0 fully saturated rings. The first kappa shape index (κ1) is 18.0. The quantitative estimate of drug-likeness (QED) is 0.760. The Balaban J connectivity index is 2.81. The minimum Gasteiger partial charge on any atom is -0.383 e.